The minimum Gasteiger partial charge on any atom is -0.406 e. The molecule has 1 aliphatic heterocycles. The molecule has 1 atom stereocenters. The summed E-state index contributed by atoms with van der Waals surface area (Å²) < 4.78 is 46.8. The minimum absolute atomic E-state index is 0.116. The Balaban J connectivity index is 1.84. The molecule has 1 heterocycles. The van der Waals surface area contributed by atoms with Gasteiger partial charge in [-0.2, -0.15) is 0 Å². The molecule has 1 saturated heterocycles. The number of carbonyl (C=O) groups is 3. The zero-order valence-corrected chi connectivity index (χ0v) is 18.4. The van der Waals surface area contributed by atoms with Gasteiger partial charge in [0.15, 0.2) is 0 Å². The van der Waals surface area contributed by atoms with Crippen LogP contribution in [0, 0.1) is 12.3 Å². The third-order valence-electron chi connectivity index (χ3n) is 6.05. The molecular formula is C23H24F3N3O5. The Kier molecular flexibility index (Phi) is 7.21. The van der Waals surface area contributed by atoms with Crippen molar-refractivity contribution in [2.45, 2.75) is 49.6 Å². The van der Waals surface area contributed by atoms with Crippen molar-refractivity contribution in [1.82, 2.24) is 10.2 Å². The molecule has 34 heavy (non-hydrogen) atoms. The fourth-order valence-electron chi connectivity index (χ4n) is 4.42. The molecule has 3 N–H and O–H groups in total. The molecular weight excluding hydrogens is 455 g/mol. The average Bonchev–Trinajstić information content (AvgIpc) is 3.22. The van der Waals surface area contributed by atoms with Gasteiger partial charge < -0.3 is 25.4 Å². The summed E-state index contributed by atoms with van der Waals surface area (Å²) in [6, 6.07) is 4.31. The van der Waals surface area contributed by atoms with Gasteiger partial charge in [-0.15, -0.1) is 19.6 Å². The molecule has 0 spiro atoms. The van der Waals surface area contributed by atoms with Crippen LogP contribution in [0.2, 0.25) is 0 Å². The first-order valence-electron chi connectivity index (χ1n) is 10.5. The number of benzene rings is 1. The van der Waals surface area contributed by atoms with Crippen LogP contribution in [-0.2, 0) is 24.5 Å². The number of nitrogens with one attached hydrogen (secondary N) is 1. The van der Waals surface area contributed by atoms with Gasteiger partial charge in [0.1, 0.15) is 11.8 Å². The third-order valence-corrected chi connectivity index (χ3v) is 6.05. The van der Waals surface area contributed by atoms with Crippen molar-refractivity contribution < 1.29 is 37.0 Å². The number of carbonyl (C=O) groups excluding carboxylic acids is 3. The molecule has 11 heteroatoms. The normalized spacial score (nSPS) is 24.7. The highest BCUT2D eigenvalue weighted by atomic mass is 19.4. The number of alkyl halides is 3. The molecule has 3 amide bonds. The van der Waals surface area contributed by atoms with E-state index >= 15 is 0 Å². The summed E-state index contributed by atoms with van der Waals surface area (Å²) in [5.74, 6) is 0.0500. The number of terminal acetylenes is 1. The van der Waals surface area contributed by atoms with E-state index in [0.29, 0.717) is 37.8 Å². The predicted octanol–water partition coefficient (Wildman–Crippen LogP) is 1.74. The maximum absolute atomic E-state index is 13.7. The third kappa shape index (κ3) is 5.34. The van der Waals surface area contributed by atoms with Crippen LogP contribution in [0.25, 0.3) is 0 Å². The molecule has 3 rings (SSSR count). The standard InChI is InChI=1S/C23H24F3N3O5/c1-3-15(11-19(27)30)28-20(31)18-5-4-10-29(18)21(32)22(12-17(13-22)33-2)14-6-8-16(9-7-14)34-23(24,25)26/h1,6-9,11,17-18H,4-5,10,12-13H2,2H3,(H2,27,30)(H,28,31)/b15-11+/t17?,18-,22?/m0/s1. The largest absolute Gasteiger partial charge is 0.573 e. The first kappa shape index (κ1) is 25.1. The lowest BCUT2D eigenvalue weighted by molar-refractivity contribution is -0.274. The molecule has 0 aromatic heterocycles. The van der Waals surface area contributed by atoms with Crippen molar-refractivity contribution in [1.29, 1.82) is 0 Å². The first-order chi connectivity index (χ1) is 16.0. The Labute approximate surface area is 194 Å². The molecule has 1 aromatic rings. The van der Waals surface area contributed by atoms with E-state index in [1.165, 1.54) is 24.1 Å². The van der Waals surface area contributed by atoms with Crippen LogP contribution in [0.4, 0.5) is 13.2 Å². The van der Waals surface area contributed by atoms with Crippen LogP contribution in [0.3, 0.4) is 0 Å². The number of ether oxygens (including phenoxy) is 2. The van der Waals surface area contributed by atoms with Crippen LogP contribution >= 0.6 is 0 Å². The Hall–Kier alpha value is -3.52. The fourth-order valence-corrected chi connectivity index (χ4v) is 4.42. The number of rotatable bonds is 7. The number of methoxy groups -OCH3 is 1. The van der Waals surface area contributed by atoms with Gasteiger partial charge in [0, 0.05) is 19.7 Å². The number of halogens is 3. The predicted molar refractivity (Wildman–Crippen MR) is 114 cm³/mol. The number of likely N-dealkylation sites (tertiary alicyclic amines) is 1. The number of hydrogen-bond donors (Lipinski definition) is 2. The smallest absolute Gasteiger partial charge is 0.406 e. The summed E-state index contributed by atoms with van der Waals surface area (Å²) >= 11 is 0. The Morgan fingerprint density at radius 3 is 2.44 bits per heavy atom. The number of hydrogen-bond acceptors (Lipinski definition) is 5. The minimum atomic E-state index is -4.83. The molecule has 8 nitrogen and oxygen atoms in total. The Bertz CT molecular complexity index is 1020. The molecule has 0 unspecified atom stereocenters. The summed E-state index contributed by atoms with van der Waals surface area (Å²) in [5.41, 5.74) is 4.41. The average molecular weight is 479 g/mol. The second-order valence-corrected chi connectivity index (χ2v) is 8.17. The zero-order valence-electron chi connectivity index (χ0n) is 18.4. The van der Waals surface area contributed by atoms with Crippen molar-refractivity contribution in [3.8, 4) is 18.1 Å². The van der Waals surface area contributed by atoms with Gasteiger partial charge in [-0.05, 0) is 43.4 Å². The summed E-state index contributed by atoms with van der Waals surface area (Å²) in [5, 5.41) is 2.44. The second-order valence-electron chi connectivity index (χ2n) is 8.17. The number of nitrogens with zero attached hydrogens (tertiary/aromatic N) is 1. The number of nitrogens with two attached hydrogens (primary N) is 1. The van der Waals surface area contributed by atoms with E-state index in [-0.39, 0.29) is 17.7 Å². The summed E-state index contributed by atoms with van der Waals surface area (Å²) in [4.78, 5) is 39.1. The topological polar surface area (TPSA) is 111 Å². The van der Waals surface area contributed by atoms with Crippen LogP contribution in [0.1, 0.15) is 31.2 Å². The fraction of sp³-hybridized carbons (Fsp3) is 0.435. The highest BCUT2D eigenvalue weighted by Crippen LogP contribution is 2.48. The van der Waals surface area contributed by atoms with E-state index in [2.05, 4.69) is 16.0 Å². The molecule has 1 aromatic carbocycles. The molecule has 2 aliphatic rings. The molecule has 182 valence electrons. The second kappa shape index (κ2) is 9.77. The number of primary amides is 1. The zero-order chi connectivity index (χ0) is 25.1. The number of amides is 3. The van der Waals surface area contributed by atoms with Crippen LogP contribution in [0.15, 0.2) is 36.0 Å². The van der Waals surface area contributed by atoms with Crippen LogP contribution < -0.4 is 15.8 Å². The molecule has 2 fully saturated rings. The lowest BCUT2D eigenvalue weighted by Gasteiger charge is -2.48. The first-order valence-corrected chi connectivity index (χ1v) is 10.5. The molecule has 0 bridgehead atoms. The Morgan fingerprint density at radius 2 is 1.91 bits per heavy atom. The Morgan fingerprint density at radius 1 is 1.26 bits per heavy atom. The van der Waals surface area contributed by atoms with Crippen molar-refractivity contribution >= 4 is 17.7 Å². The lowest BCUT2D eigenvalue weighted by Crippen LogP contribution is -2.59. The van der Waals surface area contributed by atoms with Gasteiger partial charge >= 0.3 is 6.36 Å². The lowest BCUT2D eigenvalue weighted by atomic mass is 9.61. The summed E-state index contributed by atoms with van der Waals surface area (Å²) in [6.07, 6.45) is 2.73. The highest BCUT2D eigenvalue weighted by Gasteiger charge is 2.55. The van der Waals surface area contributed by atoms with Crippen LogP contribution in [-0.4, -0.2) is 54.8 Å². The van der Waals surface area contributed by atoms with Gasteiger partial charge in [-0.25, -0.2) is 0 Å². The van der Waals surface area contributed by atoms with Crippen molar-refractivity contribution in [2.75, 3.05) is 13.7 Å². The quantitative estimate of drug-likeness (QED) is 0.457. The van der Waals surface area contributed by atoms with Crippen molar-refractivity contribution in [2.24, 2.45) is 5.73 Å². The van der Waals surface area contributed by atoms with Crippen LogP contribution in [0.5, 0.6) is 5.75 Å². The van der Waals surface area contributed by atoms with E-state index in [1.807, 2.05) is 0 Å². The van der Waals surface area contributed by atoms with Gasteiger partial charge in [0.2, 0.25) is 17.7 Å². The van der Waals surface area contributed by atoms with Crippen molar-refractivity contribution in [3.05, 3.63) is 41.6 Å². The van der Waals surface area contributed by atoms with Gasteiger partial charge in [0.05, 0.1) is 17.2 Å². The van der Waals surface area contributed by atoms with Crippen molar-refractivity contribution in [3.63, 3.8) is 0 Å². The van der Waals surface area contributed by atoms with Gasteiger partial charge in [-0.1, -0.05) is 18.1 Å². The van der Waals surface area contributed by atoms with Gasteiger partial charge in [0.25, 0.3) is 0 Å². The molecule has 1 aliphatic carbocycles. The maximum Gasteiger partial charge on any atom is 0.573 e. The molecule has 1 saturated carbocycles. The van der Waals surface area contributed by atoms with E-state index < -0.39 is 35.4 Å². The summed E-state index contributed by atoms with van der Waals surface area (Å²) in [6.45, 7) is 0.316. The van der Waals surface area contributed by atoms with E-state index in [9.17, 15) is 27.6 Å². The van der Waals surface area contributed by atoms with E-state index in [1.54, 1.807) is 0 Å². The van der Waals surface area contributed by atoms with Gasteiger partial charge in [-0.3, -0.25) is 14.4 Å². The number of allylic oxidation sites excluding steroid dienone is 1. The van der Waals surface area contributed by atoms with E-state index in [4.69, 9.17) is 16.9 Å². The molecule has 0 radical (unpaired) electrons. The SMILES string of the molecule is C#C/C(=C\C(N)=O)NC(=O)[C@@H]1CCCN1C(=O)C1(c2ccc(OC(F)(F)F)cc2)CC(OC)C1. The summed E-state index contributed by atoms with van der Waals surface area (Å²) in [7, 11) is 1.51. The maximum atomic E-state index is 13.7. The highest BCUT2D eigenvalue weighted by molar-refractivity contribution is 5.96. The monoisotopic (exact) mass is 479 g/mol. The van der Waals surface area contributed by atoms with E-state index in [0.717, 1.165) is 18.2 Å².